The van der Waals surface area contributed by atoms with Crippen LogP contribution in [0.1, 0.15) is 35.3 Å². The van der Waals surface area contributed by atoms with E-state index in [2.05, 4.69) is 15.8 Å². The maximum atomic E-state index is 13.0. The van der Waals surface area contributed by atoms with Crippen LogP contribution in [0.5, 0.6) is 5.75 Å². The van der Waals surface area contributed by atoms with Gasteiger partial charge in [0, 0.05) is 10.6 Å². The fourth-order valence-electron chi connectivity index (χ4n) is 3.03. The smallest absolute Gasteiger partial charge is 0.262 e. The highest BCUT2D eigenvalue weighted by Gasteiger charge is 2.24. The fourth-order valence-corrected chi connectivity index (χ4v) is 3.22. The Bertz CT molecular complexity index is 1150. The lowest BCUT2D eigenvalue weighted by atomic mass is 10.0. The number of nitrogens with one attached hydrogen (secondary N) is 2. The lowest BCUT2D eigenvalue weighted by Gasteiger charge is -2.20. The first-order chi connectivity index (χ1) is 16.3. The molecular weight excluding hydrogens is 457 g/mol. The number of hydrazone groups is 1. The molecule has 3 aromatic carbocycles. The van der Waals surface area contributed by atoms with Gasteiger partial charge in [-0.1, -0.05) is 43.6 Å². The third-order valence-electron chi connectivity index (χ3n) is 4.91. The summed E-state index contributed by atoms with van der Waals surface area (Å²) in [6.45, 7) is 3.98. The van der Waals surface area contributed by atoms with Crippen molar-refractivity contribution in [2.45, 2.75) is 26.5 Å². The minimum atomic E-state index is -0.772. The summed E-state index contributed by atoms with van der Waals surface area (Å²) >= 11 is 5.94. The summed E-state index contributed by atoms with van der Waals surface area (Å²) < 4.78 is 18.6. The molecule has 34 heavy (non-hydrogen) atoms. The maximum Gasteiger partial charge on any atom is 0.262 e. The summed E-state index contributed by atoms with van der Waals surface area (Å²) in [6.07, 6.45) is 1.50. The van der Waals surface area contributed by atoms with Crippen LogP contribution in [-0.2, 0) is 11.4 Å². The summed E-state index contributed by atoms with van der Waals surface area (Å²) in [5, 5.41) is 7.16. The number of halogens is 2. The molecule has 3 rings (SSSR count). The number of hydrogen-bond acceptors (Lipinski definition) is 4. The Labute approximate surface area is 202 Å². The molecule has 176 valence electrons. The van der Waals surface area contributed by atoms with E-state index in [-0.39, 0.29) is 11.7 Å². The minimum absolute atomic E-state index is 0.157. The first-order valence-electron chi connectivity index (χ1n) is 10.7. The Kier molecular flexibility index (Phi) is 8.76. The average molecular weight is 482 g/mol. The first kappa shape index (κ1) is 24.9. The second kappa shape index (κ2) is 12.0. The predicted molar refractivity (Wildman–Crippen MR) is 130 cm³/mol. The van der Waals surface area contributed by atoms with Gasteiger partial charge in [-0.15, -0.1) is 0 Å². The lowest BCUT2D eigenvalue weighted by Crippen LogP contribution is -2.48. The van der Waals surface area contributed by atoms with Crippen LogP contribution < -0.4 is 15.5 Å². The van der Waals surface area contributed by atoms with Crippen LogP contribution in [-0.4, -0.2) is 24.1 Å². The van der Waals surface area contributed by atoms with Gasteiger partial charge in [-0.25, -0.2) is 9.82 Å². The number of carbonyl (C=O) groups is 2. The summed E-state index contributed by atoms with van der Waals surface area (Å²) in [5.41, 5.74) is 4.45. The molecule has 0 aliphatic heterocycles. The Hall–Kier alpha value is -3.71. The van der Waals surface area contributed by atoms with E-state index < -0.39 is 17.9 Å². The molecule has 0 saturated heterocycles. The van der Waals surface area contributed by atoms with Gasteiger partial charge in [-0.2, -0.15) is 5.10 Å². The molecule has 2 N–H and O–H groups in total. The zero-order chi connectivity index (χ0) is 24.5. The molecule has 6 nitrogen and oxygen atoms in total. The van der Waals surface area contributed by atoms with E-state index >= 15 is 0 Å². The molecule has 0 saturated carbocycles. The van der Waals surface area contributed by atoms with Crippen molar-refractivity contribution in [2.75, 3.05) is 0 Å². The maximum absolute atomic E-state index is 13.0. The van der Waals surface area contributed by atoms with Crippen molar-refractivity contribution in [3.63, 3.8) is 0 Å². The SMILES string of the molecule is CC(C)C(NC(=O)c1cccc(Cl)c1)C(=O)N/N=C\c1ccc(OCc2ccc(F)cc2)cc1. The van der Waals surface area contributed by atoms with Gasteiger partial charge >= 0.3 is 0 Å². The van der Waals surface area contributed by atoms with E-state index in [9.17, 15) is 14.0 Å². The molecule has 0 heterocycles. The van der Waals surface area contributed by atoms with Crippen LogP contribution in [0.2, 0.25) is 5.02 Å². The van der Waals surface area contributed by atoms with Crippen LogP contribution in [0.25, 0.3) is 0 Å². The van der Waals surface area contributed by atoms with Crippen LogP contribution >= 0.6 is 11.6 Å². The molecule has 0 fully saturated rings. The number of nitrogens with zero attached hydrogens (tertiary/aromatic N) is 1. The van der Waals surface area contributed by atoms with Crippen LogP contribution in [0.15, 0.2) is 77.9 Å². The van der Waals surface area contributed by atoms with Gasteiger partial charge in [0.25, 0.3) is 11.8 Å². The second-order valence-electron chi connectivity index (χ2n) is 7.92. The van der Waals surface area contributed by atoms with Gasteiger partial charge in [0.1, 0.15) is 24.2 Å². The second-order valence-corrected chi connectivity index (χ2v) is 8.36. The number of carbonyl (C=O) groups excluding carboxylic acids is 2. The first-order valence-corrected chi connectivity index (χ1v) is 11.1. The van der Waals surface area contributed by atoms with Gasteiger partial charge in [0.15, 0.2) is 0 Å². The lowest BCUT2D eigenvalue weighted by molar-refractivity contribution is -0.123. The Balaban J connectivity index is 1.52. The molecule has 0 aliphatic carbocycles. The minimum Gasteiger partial charge on any atom is -0.489 e. The quantitative estimate of drug-likeness (QED) is 0.335. The normalized spacial score (nSPS) is 11.9. The topological polar surface area (TPSA) is 79.8 Å². The molecule has 0 radical (unpaired) electrons. The molecule has 0 aromatic heterocycles. The van der Waals surface area contributed by atoms with Crippen molar-refractivity contribution in [1.82, 2.24) is 10.7 Å². The van der Waals surface area contributed by atoms with Crippen molar-refractivity contribution in [3.05, 3.63) is 100 Å². The molecule has 1 atom stereocenters. The van der Waals surface area contributed by atoms with Crippen LogP contribution in [0, 0.1) is 11.7 Å². The van der Waals surface area contributed by atoms with E-state index in [0.717, 1.165) is 11.1 Å². The summed E-state index contributed by atoms with van der Waals surface area (Å²) in [5.74, 6) is -0.620. The van der Waals surface area contributed by atoms with Crippen molar-refractivity contribution < 1.29 is 18.7 Å². The Morgan fingerprint density at radius 2 is 1.76 bits per heavy atom. The third kappa shape index (κ3) is 7.42. The highest BCUT2D eigenvalue weighted by atomic mass is 35.5. The van der Waals surface area contributed by atoms with E-state index in [0.29, 0.717) is 22.9 Å². The average Bonchev–Trinajstić information content (AvgIpc) is 2.82. The highest BCUT2D eigenvalue weighted by molar-refractivity contribution is 6.31. The van der Waals surface area contributed by atoms with Gasteiger partial charge < -0.3 is 10.1 Å². The molecule has 1 unspecified atom stereocenters. The van der Waals surface area contributed by atoms with Crippen LogP contribution in [0.4, 0.5) is 4.39 Å². The van der Waals surface area contributed by atoms with E-state index in [1.165, 1.54) is 24.4 Å². The summed E-state index contributed by atoms with van der Waals surface area (Å²) in [6, 6.07) is 19.0. The predicted octanol–water partition coefficient (Wildman–Crippen LogP) is 4.96. The number of ether oxygens (including phenoxy) is 1. The summed E-state index contributed by atoms with van der Waals surface area (Å²) in [7, 11) is 0. The zero-order valence-corrected chi connectivity index (χ0v) is 19.6. The Morgan fingerprint density at radius 3 is 2.41 bits per heavy atom. The van der Waals surface area contributed by atoms with Crippen molar-refractivity contribution in [3.8, 4) is 5.75 Å². The van der Waals surface area contributed by atoms with Crippen molar-refractivity contribution in [2.24, 2.45) is 11.0 Å². The van der Waals surface area contributed by atoms with Crippen molar-refractivity contribution in [1.29, 1.82) is 0 Å². The van der Waals surface area contributed by atoms with Gasteiger partial charge in [-0.05, 0) is 71.6 Å². The number of rotatable bonds is 9. The molecule has 8 heteroatoms. The van der Waals surface area contributed by atoms with E-state index in [4.69, 9.17) is 16.3 Å². The largest absolute Gasteiger partial charge is 0.489 e. The third-order valence-corrected chi connectivity index (χ3v) is 5.14. The Morgan fingerprint density at radius 1 is 1.06 bits per heavy atom. The standard InChI is InChI=1S/C26H25ClFN3O3/c1-17(2)24(30-25(32)20-4-3-5-21(27)14-20)26(33)31-29-15-18-8-12-23(13-9-18)34-16-19-6-10-22(28)11-7-19/h3-15,17,24H,16H2,1-2H3,(H,30,32)(H,31,33)/b29-15-. The summed E-state index contributed by atoms with van der Waals surface area (Å²) in [4.78, 5) is 25.1. The van der Waals surface area contributed by atoms with Gasteiger partial charge in [-0.3, -0.25) is 9.59 Å². The number of benzene rings is 3. The number of hydrogen-bond donors (Lipinski definition) is 2. The molecule has 3 aromatic rings. The van der Waals surface area contributed by atoms with Gasteiger partial charge in [0.2, 0.25) is 0 Å². The molecule has 0 spiro atoms. The van der Waals surface area contributed by atoms with E-state index in [1.807, 2.05) is 13.8 Å². The molecular formula is C26H25ClFN3O3. The molecule has 2 amide bonds. The van der Waals surface area contributed by atoms with Gasteiger partial charge in [0.05, 0.1) is 6.21 Å². The highest BCUT2D eigenvalue weighted by Crippen LogP contribution is 2.14. The number of amides is 2. The van der Waals surface area contributed by atoms with Crippen molar-refractivity contribution >= 4 is 29.6 Å². The fraction of sp³-hybridized carbons (Fsp3) is 0.192. The monoisotopic (exact) mass is 481 g/mol. The zero-order valence-electron chi connectivity index (χ0n) is 18.8. The molecule has 0 bridgehead atoms. The van der Waals surface area contributed by atoms with E-state index in [1.54, 1.807) is 54.6 Å². The molecule has 0 aliphatic rings. The van der Waals surface area contributed by atoms with Crippen LogP contribution in [0.3, 0.4) is 0 Å².